The summed E-state index contributed by atoms with van der Waals surface area (Å²) in [5.41, 5.74) is 2.27. The summed E-state index contributed by atoms with van der Waals surface area (Å²) in [6.07, 6.45) is 3.36. The Kier molecular flexibility index (Phi) is 9.15. The van der Waals surface area contributed by atoms with E-state index >= 15 is 0 Å². The van der Waals surface area contributed by atoms with Crippen LogP contribution in [0.15, 0.2) is 94.0 Å². The van der Waals surface area contributed by atoms with Crippen molar-refractivity contribution >= 4 is 35.0 Å². The van der Waals surface area contributed by atoms with E-state index in [9.17, 15) is 24.5 Å². The van der Waals surface area contributed by atoms with Crippen molar-refractivity contribution in [3.8, 4) is 34.2 Å². The topological polar surface area (TPSA) is 166 Å². The predicted octanol–water partition coefficient (Wildman–Crippen LogP) is 4.11. The smallest absolute Gasteiger partial charge is 0.338 e. The fourth-order valence-electron chi connectivity index (χ4n) is 5.65. The third-order valence-electron chi connectivity index (χ3n) is 7.88. The number of hydrogen-bond donors (Lipinski definition) is 0. The molecule has 0 aliphatic carbocycles. The van der Waals surface area contributed by atoms with Crippen LogP contribution in [0.25, 0.3) is 23.0 Å². The second-order valence-electron chi connectivity index (χ2n) is 10.9. The summed E-state index contributed by atoms with van der Waals surface area (Å²) in [4.78, 5) is 55.5. The van der Waals surface area contributed by atoms with Crippen molar-refractivity contribution in [1.29, 1.82) is 0 Å². The third-order valence-corrected chi connectivity index (χ3v) is 8.87. The molecule has 0 bridgehead atoms. The van der Waals surface area contributed by atoms with Gasteiger partial charge in [-0.2, -0.15) is 5.10 Å². The Hall–Kier alpha value is -6.35. The van der Waals surface area contributed by atoms with E-state index in [1.165, 1.54) is 51.0 Å². The monoisotopic (exact) mass is 695 g/mol. The summed E-state index contributed by atoms with van der Waals surface area (Å²) >= 11 is 1.10. The van der Waals surface area contributed by atoms with Gasteiger partial charge in [-0.15, -0.1) is 0 Å². The van der Waals surface area contributed by atoms with Gasteiger partial charge in [0.1, 0.15) is 5.69 Å². The second kappa shape index (κ2) is 13.6. The molecular weight excluding hydrogens is 666 g/mol. The van der Waals surface area contributed by atoms with Gasteiger partial charge in [0.05, 0.1) is 53.8 Å². The van der Waals surface area contributed by atoms with Gasteiger partial charge in [-0.05, 0) is 55.0 Å². The lowest BCUT2D eigenvalue weighted by molar-refractivity contribution is -0.385. The van der Waals surface area contributed by atoms with Gasteiger partial charge < -0.3 is 18.9 Å². The number of carbonyl (C=O) groups excluding carboxylic acids is 2. The first-order chi connectivity index (χ1) is 24.0. The first kappa shape index (κ1) is 33.5. The molecule has 1 aliphatic heterocycles. The summed E-state index contributed by atoms with van der Waals surface area (Å²) in [7, 11) is 4.00. The van der Waals surface area contributed by atoms with Gasteiger partial charge in [0.15, 0.2) is 22.0 Å². The number of methoxy groups -OCH3 is 3. The molecule has 0 saturated heterocycles. The number of benzene rings is 3. The van der Waals surface area contributed by atoms with Crippen molar-refractivity contribution in [2.75, 3.05) is 21.3 Å². The fourth-order valence-corrected chi connectivity index (χ4v) is 6.69. The predicted molar refractivity (Wildman–Crippen MR) is 182 cm³/mol. The molecule has 0 spiro atoms. The molecule has 1 unspecified atom stereocenters. The molecule has 5 aromatic rings. The number of nitrogens with zero attached hydrogens (tertiary/aromatic N) is 5. The van der Waals surface area contributed by atoms with E-state index in [1.54, 1.807) is 42.1 Å². The molecule has 0 N–H and O–H groups in total. The van der Waals surface area contributed by atoms with Crippen LogP contribution in [0.2, 0.25) is 0 Å². The minimum Gasteiger partial charge on any atom is -0.493 e. The van der Waals surface area contributed by atoms with E-state index < -0.39 is 28.5 Å². The number of para-hydroxylation sites is 1. The SMILES string of the molecule is COC(=O)C1=C(C)N=c2s/c(=C/c3cn(-c4ccccc4)nc3-c3ccc(OC)c([N+](=O)[O-])c3)c(=O)n2C1c1ccc(OC(C)=O)c(OC)c1. The van der Waals surface area contributed by atoms with Crippen molar-refractivity contribution in [2.24, 2.45) is 4.99 Å². The Morgan fingerprint density at radius 1 is 0.980 bits per heavy atom. The van der Waals surface area contributed by atoms with Crippen LogP contribution in [0, 0.1) is 10.1 Å². The number of nitro benzene ring substituents is 1. The van der Waals surface area contributed by atoms with E-state index in [0.29, 0.717) is 32.9 Å². The van der Waals surface area contributed by atoms with Crippen LogP contribution in [0.1, 0.15) is 31.0 Å². The van der Waals surface area contributed by atoms with Gasteiger partial charge in [0.25, 0.3) is 5.56 Å². The summed E-state index contributed by atoms with van der Waals surface area (Å²) in [6.45, 7) is 2.91. The molecule has 2 aromatic heterocycles. The molecule has 6 rings (SSSR count). The number of fused-ring (bicyclic) bond motifs is 1. The van der Waals surface area contributed by atoms with E-state index in [0.717, 1.165) is 17.0 Å². The van der Waals surface area contributed by atoms with Crippen molar-refractivity contribution in [3.05, 3.63) is 125 Å². The Morgan fingerprint density at radius 2 is 1.70 bits per heavy atom. The zero-order valence-electron chi connectivity index (χ0n) is 27.4. The minimum atomic E-state index is -0.975. The molecule has 1 aliphatic rings. The first-order valence-electron chi connectivity index (χ1n) is 15.0. The Bertz CT molecular complexity index is 2390. The van der Waals surface area contributed by atoms with Gasteiger partial charge in [-0.3, -0.25) is 24.3 Å². The molecule has 15 heteroatoms. The Morgan fingerprint density at radius 3 is 2.36 bits per heavy atom. The molecule has 1 atom stereocenters. The highest BCUT2D eigenvalue weighted by Crippen LogP contribution is 2.37. The van der Waals surface area contributed by atoms with Crippen LogP contribution in [0.4, 0.5) is 5.69 Å². The summed E-state index contributed by atoms with van der Waals surface area (Å²) in [6, 6.07) is 17.5. The van der Waals surface area contributed by atoms with Crippen molar-refractivity contribution in [1.82, 2.24) is 14.3 Å². The van der Waals surface area contributed by atoms with Crippen LogP contribution >= 0.6 is 11.3 Å². The zero-order valence-corrected chi connectivity index (χ0v) is 28.2. The molecule has 50 heavy (non-hydrogen) atoms. The van der Waals surface area contributed by atoms with Crippen molar-refractivity contribution in [2.45, 2.75) is 19.9 Å². The summed E-state index contributed by atoms with van der Waals surface area (Å²) < 4.78 is 24.3. The highest BCUT2D eigenvalue weighted by atomic mass is 32.1. The van der Waals surface area contributed by atoms with Crippen LogP contribution in [-0.4, -0.2) is 52.5 Å². The lowest BCUT2D eigenvalue weighted by Gasteiger charge is -2.25. The maximum absolute atomic E-state index is 14.4. The molecule has 0 fully saturated rings. The summed E-state index contributed by atoms with van der Waals surface area (Å²) in [5.74, 6) is -0.760. The molecule has 14 nitrogen and oxygen atoms in total. The number of hydrogen-bond acceptors (Lipinski definition) is 12. The van der Waals surface area contributed by atoms with Gasteiger partial charge >= 0.3 is 17.6 Å². The standard InChI is InChI=1S/C35H29N5O9S/c1-19-30(34(43)48-5)32(22-12-14-27(49-20(2)41)28(16-22)47-4)39-33(42)29(50-35(39)36-19)17-23-18-38(24-9-7-6-8-10-24)37-31(23)21-11-13-26(46-3)25(15-21)40(44)45/h6-18,32H,1-5H3/b29-17+. The Balaban J connectivity index is 1.57. The maximum Gasteiger partial charge on any atom is 0.338 e. The van der Waals surface area contributed by atoms with Crippen LogP contribution < -0.4 is 29.1 Å². The van der Waals surface area contributed by atoms with E-state index in [-0.39, 0.29) is 33.0 Å². The molecule has 3 aromatic carbocycles. The van der Waals surface area contributed by atoms with Crippen molar-refractivity contribution in [3.63, 3.8) is 0 Å². The first-order valence-corrected chi connectivity index (χ1v) is 15.8. The number of allylic oxidation sites excluding steroid dienone is 1. The largest absolute Gasteiger partial charge is 0.493 e. The van der Waals surface area contributed by atoms with E-state index in [4.69, 9.17) is 24.0 Å². The quantitative estimate of drug-likeness (QED) is 0.0948. The highest BCUT2D eigenvalue weighted by molar-refractivity contribution is 7.07. The number of rotatable bonds is 9. The van der Waals surface area contributed by atoms with Crippen LogP contribution in [0.5, 0.6) is 17.2 Å². The fraction of sp³-hybridized carbons (Fsp3) is 0.171. The highest BCUT2D eigenvalue weighted by Gasteiger charge is 2.34. The van der Waals surface area contributed by atoms with Gasteiger partial charge in [-0.1, -0.05) is 35.6 Å². The molecule has 254 valence electrons. The van der Waals surface area contributed by atoms with E-state index in [2.05, 4.69) is 4.99 Å². The zero-order chi connectivity index (χ0) is 35.7. The molecule has 3 heterocycles. The third kappa shape index (κ3) is 6.17. The molecule has 0 radical (unpaired) electrons. The second-order valence-corrected chi connectivity index (χ2v) is 11.9. The normalized spacial score (nSPS) is 14.1. The Labute approximate surface area is 287 Å². The number of carbonyl (C=O) groups is 2. The average molecular weight is 696 g/mol. The summed E-state index contributed by atoms with van der Waals surface area (Å²) in [5, 5.41) is 16.6. The molecular formula is C35H29N5O9S. The van der Waals surface area contributed by atoms with Crippen LogP contribution in [-0.2, 0) is 14.3 Å². The lowest BCUT2D eigenvalue weighted by Crippen LogP contribution is -2.39. The minimum absolute atomic E-state index is 0.0883. The number of ether oxygens (including phenoxy) is 4. The van der Waals surface area contributed by atoms with E-state index in [1.807, 2.05) is 30.3 Å². The number of nitro groups is 1. The maximum atomic E-state index is 14.4. The molecule has 0 amide bonds. The average Bonchev–Trinajstić information content (AvgIpc) is 3.67. The number of thiazole rings is 1. The molecule has 0 saturated carbocycles. The number of esters is 2. The van der Waals surface area contributed by atoms with Gasteiger partial charge in [-0.25, -0.2) is 14.5 Å². The number of aromatic nitrogens is 3. The van der Waals surface area contributed by atoms with Gasteiger partial charge in [0.2, 0.25) is 0 Å². The van der Waals surface area contributed by atoms with Gasteiger partial charge in [0, 0.05) is 30.3 Å². The van der Waals surface area contributed by atoms with Crippen molar-refractivity contribution < 1.29 is 33.5 Å². The van der Waals surface area contributed by atoms with Crippen LogP contribution in [0.3, 0.4) is 0 Å². The lowest BCUT2D eigenvalue weighted by atomic mass is 9.95.